The average molecular weight is 534 g/mol. The zero-order chi connectivity index (χ0) is 25.8. The number of fused-ring (bicyclic) bond motifs is 1. The average Bonchev–Trinajstić information content (AvgIpc) is 3.28. The molecule has 2 aliphatic rings. The number of β-lactam (4-membered cyclic amide) rings is 1. The van der Waals surface area contributed by atoms with Gasteiger partial charge in [-0.1, -0.05) is 16.9 Å². The van der Waals surface area contributed by atoms with Crippen molar-refractivity contribution in [1.82, 2.24) is 35.4 Å². The highest BCUT2D eigenvalue weighted by Crippen LogP contribution is 2.41. The van der Waals surface area contributed by atoms with Crippen molar-refractivity contribution in [2.24, 2.45) is 12.2 Å². The minimum atomic E-state index is -1.23. The maximum atomic E-state index is 13.0. The minimum absolute atomic E-state index is 0.106. The molecule has 2 aromatic rings. The predicted molar refractivity (Wildman–Crippen MR) is 127 cm³/mol. The molecule has 0 spiro atoms. The number of hydrogen-bond donors (Lipinski definition) is 3. The van der Waals surface area contributed by atoms with E-state index in [2.05, 4.69) is 36.3 Å². The quantitative estimate of drug-likeness (QED) is 0.112. The number of amides is 3. The van der Waals surface area contributed by atoms with Gasteiger partial charge in [0, 0.05) is 30.3 Å². The number of tetrazole rings is 1. The van der Waals surface area contributed by atoms with Gasteiger partial charge in [0.2, 0.25) is 11.6 Å². The number of thioether (sulfide) groups is 2. The Hall–Kier alpha value is -3.99. The van der Waals surface area contributed by atoms with E-state index < -0.39 is 29.2 Å². The number of nitrogens with zero attached hydrogens (tertiary/aromatic N) is 7. The van der Waals surface area contributed by atoms with Gasteiger partial charge in [-0.3, -0.25) is 19.3 Å². The van der Waals surface area contributed by atoms with Gasteiger partial charge < -0.3 is 20.6 Å². The topological polar surface area (TPSA) is 194 Å². The first-order chi connectivity index (χ1) is 17.3. The Morgan fingerprint density at radius 3 is 2.83 bits per heavy atom. The molecular weight excluding hydrogens is 514 g/mol. The van der Waals surface area contributed by atoms with Gasteiger partial charge in [-0.15, -0.1) is 16.9 Å². The Bertz CT molecular complexity index is 1260. The highest BCUT2D eigenvalue weighted by atomic mass is 32.2. The molecule has 4 heterocycles. The van der Waals surface area contributed by atoms with Crippen molar-refractivity contribution >= 4 is 59.2 Å². The Balaban J connectivity index is 1.48. The molecule has 36 heavy (non-hydrogen) atoms. The van der Waals surface area contributed by atoms with Crippen molar-refractivity contribution < 1.29 is 29.1 Å². The Morgan fingerprint density at radius 2 is 2.22 bits per heavy atom. The predicted octanol–water partition coefficient (Wildman–Crippen LogP) is -0.945. The van der Waals surface area contributed by atoms with Gasteiger partial charge in [-0.05, 0) is 28.1 Å². The number of oxime groups is 1. The van der Waals surface area contributed by atoms with Gasteiger partial charge in [0.25, 0.3) is 11.8 Å². The third-order valence-corrected chi connectivity index (χ3v) is 7.57. The fraction of sp³-hybridized carbons (Fsp3) is 0.316. The van der Waals surface area contributed by atoms with Crippen LogP contribution in [0.1, 0.15) is 5.56 Å². The molecule has 0 saturated carbocycles. The summed E-state index contributed by atoms with van der Waals surface area (Å²) in [7, 11) is 2.93. The number of anilines is 1. The largest absolute Gasteiger partial charge is 0.477 e. The van der Waals surface area contributed by atoms with E-state index in [1.165, 1.54) is 58.5 Å². The summed E-state index contributed by atoms with van der Waals surface area (Å²) < 4.78 is 1.46. The second-order valence-electron chi connectivity index (χ2n) is 7.31. The van der Waals surface area contributed by atoms with Crippen LogP contribution in [0.5, 0.6) is 0 Å². The standard InChI is InChI=1S/C19H19N9O6S2/c1-27-19(23-25-26-27)36-7-10-6-35-17-13(16(31)28(17)14(10)18(32)33)22-15(30)12(24-34-2)9-3-4-11(20-5-9)21-8-29/h3-5,8,13,17H,6-7H2,1-2H3,(H,22,30)(H,32,33)(H,20,21,29)/b24-12-/t13?,17-/m1/s1. The number of pyridine rings is 1. The maximum absolute atomic E-state index is 13.0. The number of nitrogens with one attached hydrogen (secondary N) is 2. The zero-order valence-electron chi connectivity index (χ0n) is 18.8. The molecule has 0 aliphatic carbocycles. The first kappa shape index (κ1) is 25.1. The fourth-order valence-electron chi connectivity index (χ4n) is 3.50. The summed E-state index contributed by atoms with van der Waals surface area (Å²) in [4.78, 5) is 58.5. The minimum Gasteiger partial charge on any atom is -0.477 e. The van der Waals surface area contributed by atoms with Gasteiger partial charge in [0.15, 0.2) is 5.71 Å². The van der Waals surface area contributed by atoms with Gasteiger partial charge in [-0.2, -0.15) is 0 Å². The number of carboxylic acids is 1. The maximum Gasteiger partial charge on any atom is 0.352 e. The molecule has 2 atom stereocenters. The van der Waals surface area contributed by atoms with Crippen LogP contribution in [0.25, 0.3) is 0 Å². The van der Waals surface area contributed by atoms with Crippen molar-refractivity contribution in [2.75, 3.05) is 23.9 Å². The third kappa shape index (κ3) is 4.87. The second kappa shape index (κ2) is 10.7. The van der Waals surface area contributed by atoms with Crippen LogP contribution in [0.4, 0.5) is 5.82 Å². The first-order valence-electron chi connectivity index (χ1n) is 10.2. The second-order valence-corrected chi connectivity index (χ2v) is 9.36. The van der Waals surface area contributed by atoms with Crippen molar-refractivity contribution in [3.05, 3.63) is 35.2 Å². The van der Waals surface area contributed by atoms with E-state index >= 15 is 0 Å². The fourth-order valence-corrected chi connectivity index (χ4v) is 5.83. The smallest absolute Gasteiger partial charge is 0.352 e. The normalized spacial score (nSPS) is 19.3. The number of aromatic nitrogens is 5. The van der Waals surface area contributed by atoms with Gasteiger partial charge in [0.1, 0.15) is 30.0 Å². The summed E-state index contributed by atoms with van der Waals surface area (Å²) in [5.74, 6) is -1.60. The molecule has 4 rings (SSSR count). The van der Waals surface area contributed by atoms with E-state index in [-0.39, 0.29) is 28.5 Å². The van der Waals surface area contributed by atoms with Crippen LogP contribution in [0.3, 0.4) is 0 Å². The molecule has 3 amide bonds. The number of carbonyl (C=O) groups excluding carboxylic acids is 3. The lowest BCUT2D eigenvalue weighted by Gasteiger charge is -2.49. The van der Waals surface area contributed by atoms with Crippen LogP contribution in [0, 0.1) is 0 Å². The van der Waals surface area contributed by atoms with E-state index in [0.29, 0.717) is 22.9 Å². The number of rotatable bonds is 10. The summed E-state index contributed by atoms with van der Waals surface area (Å²) in [6, 6.07) is 2.01. The molecular formula is C19H19N9O6S2. The molecule has 3 N–H and O–H groups in total. The van der Waals surface area contributed by atoms with Crippen molar-refractivity contribution in [2.45, 2.75) is 16.6 Å². The Kier molecular flexibility index (Phi) is 7.49. The highest BCUT2D eigenvalue weighted by Gasteiger charge is 2.54. The molecule has 0 bridgehead atoms. The van der Waals surface area contributed by atoms with E-state index in [1.807, 2.05) is 0 Å². The summed E-state index contributed by atoms with van der Waals surface area (Å²) in [6.07, 6.45) is 1.78. The number of aryl methyl sites for hydroxylation is 1. The molecule has 1 unspecified atom stereocenters. The molecule has 0 aromatic carbocycles. The molecule has 188 valence electrons. The van der Waals surface area contributed by atoms with Crippen LogP contribution in [-0.4, -0.2) is 95.1 Å². The van der Waals surface area contributed by atoms with Crippen LogP contribution in [0.15, 0.2) is 39.9 Å². The monoisotopic (exact) mass is 533 g/mol. The molecule has 17 heteroatoms. The van der Waals surface area contributed by atoms with E-state index in [0.717, 1.165) is 0 Å². The number of aliphatic carboxylic acids is 1. The van der Waals surface area contributed by atoms with Gasteiger partial charge in [-0.25, -0.2) is 14.5 Å². The first-order valence-corrected chi connectivity index (χ1v) is 12.2. The summed E-state index contributed by atoms with van der Waals surface area (Å²) in [5.41, 5.74) is 0.587. The third-order valence-electron chi connectivity index (χ3n) is 5.13. The number of carboxylic acid groups (broad SMARTS) is 1. The van der Waals surface area contributed by atoms with E-state index in [4.69, 9.17) is 4.84 Å². The molecule has 2 aliphatic heterocycles. The van der Waals surface area contributed by atoms with E-state index in [1.54, 1.807) is 7.05 Å². The molecule has 0 radical (unpaired) electrons. The molecule has 2 aromatic heterocycles. The lowest BCUT2D eigenvalue weighted by atomic mass is 10.0. The lowest BCUT2D eigenvalue weighted by Crippen LogP contribution is -2.71. The van der Waals surface area contributed by atoms with Crippen LogP contribution in [0.2, 0.25) is 0 Å². The SMILES string of the molecule is CO/N=C(\C(=O)NC1C(=O)N2C(C(=O)O)=C(CSc3nnnn3C)CS[C@H]12)c1ccc(NC=O)nc1. The zero-order valence-corrected chi connectivity index (χ0v) is 20.4. The Labute approximate surface area is 211 Å². The lowest BCUT2D eigenvalue weighted by molar-refractivity contribution is -0.150. The van der Waals surface area contributed by atoms with E-state index in [9.17, 15) is 24.3 Å². The summed E-state index contributed by atoms with van der Waals surface area (Å²) in [6.45, 7) is 0. The molecule has 15 nitrogen and oxygen atoms in total. The summed E-state index contributed by atoms with van der Waals surface area (Å²) in [5, 5.41) is 29.6. The molecule has 1 saturated heterocycles. The number of carbonyl (C=O) groups is 4. The Morgan fingerprint density at radius 1 is 1.42 bits per heavy atom. The van der Waals surface area contributed by atoms with Crippen molar-refractivity contribution in [3.8, 4) is 0 Å². The van der Waals surface area contributed by atoms with Crippen LogP contribution >= 0.6 is 23.5 Å². The number of hydrogen-bond acceptors (Lipinski definition) is 12. The van der Waals surface area contributed by atoms with Crippen molar-refractivity contribution in [1.29, 1.82) is 0 Å². The van der Waals surface area contributed by atoms with Crippen LogP contribution in [-0.2, 0) is 31.1 Å². The molecule has 1 fully saturated rings. The summed E-state index contributed by atoms with van der Waals surface area (Å²) >= 11 is 2.60. The van der Waals surface area contributed by atoms with Crippen molar-refractivity contribution in [3.63, 3.8) is 0 Å². The van der Waals surface area contributed by atoms with Gasteiger partial charge >= 0.3 is 5.97 Å². The van der Waals surface area contributed by atoms with Crippen LogP contribution < -0.4 is 10.6 Å². The highest BCUT2D eigenvalue weighted by molar-refractivity contribution is 8.01. The van der Waals surface area contributed by atoms with Gasteiger partial charge in [0.05, 0.1) is 0 Å².